The van der Waals surface area contributed by atoms with E-state index in [-0.39, 0.29) is 12.5 Å². The Morgan fingerprint density at radius 1 is 0.808 bits per heavy atom. The molecule has 0 aliphatic carbocycles. The monoisotopic (exact) mass is 347 g/mol. The molecule has 0 heterocycles. The van der Waals surface area contributed by atoms with E-state index < -0.39 is 0 Å². The van der Waals surface area contributed by atoms with Gasteiger partial charge in [-0.25, -0.2) is 0 Å². The van der Waals surface area contributed by atoms with Crippen molar-refractivity contribution in [2.45, 2.75) is 6.54 Å². The minimum Gasteiger partial charge on any atom is -0.497 e. The topological polar surface area (TPSA) is 47.6 Å². The highest BCUT2D eigenvalue weighted by atomic mass is 16.5. The largest absolute Gasteiger partial charge is 0.497 e. The third-order valence-corrected chi connectivity index (χ3v) is 3.98. The molecule has 3 rings (SSSR count). The van der Waals surface area contributed by atoms with Crippen LogP contribution in [0.5, 0.6) is 11.5 Å². The molecule has 0 aromatic heterocycles. The normalized spacial score (nSPS) is 10.2. The lowest BCUT2D eigenvalue weighted by atomic mass is 10.1. The van der Waals surface area contributed by atoms with Gasteiger partial charge in [0.2, 0.25) is 0 Å². The number of nitrogens with one attached hydrogen (secondary N) is 1. The van der Waals surface area contributed by atoms with E-state index in [1.807, 2.05) is 78.9 Å². The van der Waals surface area contributed by atoms with Gasteiger partial charge < -0.3 is 14.8 Å². The molecule has 0 spiro atoms. The maximum atomic E-state index is 11.9. The van der Waals surface area contributed by atoms with Crippen LogP contribution in [0.15, 0.2) is 78.9 Å². The molecule has 4 heteroatoms. The molecule has 0 atom stereocenters. The van der Waals surface area contributed by atoms with Gasteiger partial charge in [-0.3, -0.25) is 4.79 Å². The summed E-state index contributed by atoms with van der Waals surface area (Å²) in [5.74, 6) is 1.35. The van der Waals surface area contributed by atoms with Crippen LogP contribution in [0.4, 0.5) is 0 Å². The summed E-state index contributed by atoms with van der Waals surface area (Å²) in [6.45, 7) is 0.494. The Kier molecular flexibility index (Phi) is 5.88. The van der Waals surface area contributed by atoms with Gasteiger partial charge in [-0.2, -0.15) is 0 Å². The Bertz CT molecular complexity index is 828. The van der Waals surface area contributed by atoms with Crippen LogP contribution < -0.4 is 14.8 Å². The van der Waals surface area contributed by atoms with Gasteiger partial charge in [0.05, 0.1) is 7.11 Å². The Morgan fingerprint density at radius 2 is 1.38 bits per heavy atom. The van der Waals surface area contributed by atoms with Gasteiger partial charge in [-0.1, -0.05) is 54.6 Å². The highest BCUT2D eigenvalue weighted by molar-refractivity contribution is 5.77. The smallest absolute Gasteiger partial charge is 0.258 e. The van der Waals surface area contributed by atoms with Crippen LogP contribution in [0.1, 0.15) is 5.56 Å². The fourth-order valence-electron chi connectivity index (χ4n) is 2.52. The van der Waals surface area contributed by atoms with Gasteiger partial charge in [0, 0.05) is 6.54 Å². The Morgan fingerprint density at radius 3 is 1.96 bits per heavy atom. The number of amides is 1. The number of carbonyl (C=O) groups is 1. The van der Waals surface area contributed by atoms with Crippen molar-refractivity contribution in [2.24, 2.45) is 0 Å². The molecule has 0 saturated carbocycles. The standard InChI is InChI=1S/C22H21NO3/c1-25-20-11-7-18(8-12-20)19-9-13-21(14-10-19)26-16-22(24)23-15-17-5-3-2-4-6-17/h2-14H,15-16H2,1H3,(H,23,24). The lowest BCUT2D eigenvalue weighted by Crippen LogP contribution is -2.28. The molecule has 1 N–H and O–H groups in total. The Hall–Kier alpha value is -3.27. The van der Waals surface area contributed by atoms with E-state index in [0.717, 1.165) is 22.4 Å². The quantitative estimate of drug-likeness (QED) is 0.701. The third-order valence-electron chi connectivity index (χ3n) is 3.98. The van der Waals surface area contributed by atoms with Crippen LogP contribution in [-0.4, -0.2) is 19.6 Å². The number of carbonyl (C=O) groups excluding carboxylic acids is 1. The predicted molar refractivity (Wildman–Crippen MR) is 102 cm³/mol. The van der Waals surface area contributed by atoms with E-state index >= 15 is 0 Å². The van der Waals surface area contributed by atoms with Crippen LogP contribution >= 0.6 is 0 Å². The number of ether oxygens (including phenoxy) is 2. The average molecular weight is 347 g/mol. The summed E-state index contributed by atoms with van der Waals surface area (Å²) >= 11 is 0. The molecule has 0 radical (unpaired) electrons. The van der Waals surface area contributed by atoms with Crippen molar-refractivity contribution >= 4 is 5.91 Å². The maximum absolute atomic E-state index is 11.9. The zero-order valence-corrected chi connectivity index (χ0v) is 14.6. The second-order valence-corrected chi connectivity index (χ2v) is 5.80. The highest BCUT2D eigenvalue weighted by Gasteiger charge is 2.04. The minimum absolute atomic E-state index is 0.00524. The second-order valence-electron chi connectivity index (χ2n) is 5.80. The van der Waals surface area contributed by atoms with E-state index in [1.54, 1.807) is 7.11 Å². The van der Waals surface area contributed by atoms with Gasteiger partial charge in [-0.15, -0.1) is 0 Å². The SMILES string of the molecule is COc1ccc(-c2ccc(OCC(=O)NCc3ccccc3)cc2)cc1. The molecule has 4 nitrogen and oxygen atoms in total. The molecule has 3 aromatic carbocycles. The molecule has 0 unspecified atom stereocenters. The fraction of sp³-hybridized carbons (Fsp3) is 0.136. The lowest BCUT2D eigenvalue weighted by Gasteiger charge is -2.09. The Labute approximate surface area is 153 Å². The van der Waals surface area contributed by atoms with Crippen molar-refractivity contribution in [1.29, 1.82) is 0 Å². The zero-order chi connectivity index (χ0) is 18.2. The van der Waals surface area contributed by atoms with Gasteiger partial charge in [0.1, 0.15) is 11.5 Å². The lowest BCUT2D eigenvalue weighted by molar-refractivity contribution is -0.123. The summed E-state index contributed by atoms with van der Waals surface area (Å²) in [5, 5.41) is 2.84. The number of benzene rings is 3. The van der Waals surface area contributed by atoms with Gasteiger partial charge in [-0.05, 0) is 41.0 Å². The number of methoxy groups -OCH3 is 1. The molecule has 0 saturated heterocycles. The van der Waals surface area contributed by atoms with Crippen LogP contribution in [0.3, 0.4) is 0 Å². The van der Waals surface area contributed by atoms with Crippen molar-refractivity contribution in [1.82, 2.24) is 5.32 Å². The van der Waals surface area contributed by atoms with Gasteiger partial charge >= 0.3 is 0 Å². The first-order valence-electron chi connectivity index (χ1n) is 8.42. The van der Waals surface area contributed by atoms with Gasteiger partial charge in [0.15, 0.2) is 6.61 Å². The van der Waals surface area contributed by atoms with Crippen molar-refractivity contribution < 1.29 is 14.3 Å². The first-order chi connectivity index (χ1) is 12.7. The van der Waals surface area contributed by atoms with Crippen molar-refractivity contribution in [3.8, 4) is 22.6 Å². The van der Waals surface area contributed by atoms with Gasteiger partial charge in [0.25, 0.3) is 5.91 Å². The summed E-state index contributed by atoms with van der Waals surface area (Å²) in [6, 6.07) is 25.3. The molecule has 0 fully saturated rings. The molecular formula is C22H21NO3. The van der Waals surface area contributed by atoms with E-state index in [4.69, 9.17) is 9.47 Å². The molecule has 3 aromatic rings. The molecule has 0 aliphatic rings. The highest BCUT2D eigenvalue weighted by Crippen LogP contribution is 2.24. The van der Waals surface area contributed by atoms with Crippen molar-refractivity contribution in [3.05, 3.63) is 84.4 Å². The summed E-state index contributed by atoms with van der Waals surface area (Å²) in [7, 11) is 1.65. The molecule has 26 heavy (non-hydrogen) atoms. The number of hydrogen-bond acceptors (Lipinski definition) is 3. The summed E-state index contributed by atoms with van der Waals surface area (Å²) in [5.41, 5.74) is 3.23. The predicted octanol–water partition coefficient (Wildman–Crippen LogP) is 4.06. The number of hydrogen-bond donors (Lipinski definition) is 1. The van der Waals surface area contributed by atoms with E-state index in [1.165, 1.54) is 0 Å². The third kappa shape index (κ3) is 4.86. The molecule has 1 amide bonds. The molecule has 0 bridgehead atoms. The summed E-state index contributed by atoms with van der Waals surface area (Å²) in [4.78, 5) is 11.9. The van der Waals surface area contributed by atoms with Crippen LogP contribution in [0.25, 0.3) is 11.1 Å². The van der Waals surface area contributed by atoms with Crippen LogP contribution in [0, 0.1) is 0 Å². The first-order valence-corrected chi connectivity index (χ1v) is 8.42. The number of rotatable bonds is 7. The average Bonchev–Trinajstić information content (AvgIpc) is 2.72. The Balaban J connectivity index is 1.50. The zero-order valence-electron chi connectivity index (χ0n) is 14.6. The maximum Gasteiger partial charge on any atom is 0.258 e. The molecular weight excluding hydrogens is 326 g/mol. The van der Waals surface area contributed by atoms with E-state index in [9.17, 15) is 4.79 Å². The summed E-state index contributed by atoms with van der Waals surface area (Å²) in [6.07, 6.45) is 0. The first kappa shape index (κ1) is 17.5. The molecule has 132 valence electrons. The van der Waals surface area contributed by atoms with Crippen molar-refractivity contribution in [2.75, 3.05) is 13.7 Å². The molecule has 0 aliphatic heterocycles. The fourth-order valence-corrected chi connectivity index (χ4v) is 2.52. The second kappa shape index (κ2) is 8.72. The minimum atomic E-state index is -0.145. The summed E-state index contributed by atoms with van der Waals surface area (Å²) < 4.78 is 10.7. The van der Waals surface area contributed by atoms with Crippen LogP contribution in [0.2, 0.25) is 0 Å². The van der Waals surface area contributed by atoms with E-state index in [0.29, 0.717) is 12.3 Å². The van der Waals surface area contributed by atoms with Crippen LogP contribution in [-0.2, 0) is 11.3 Å². The van der Waals surface area contributed by atoms with E-state index in [2.05, 4.69) is 5.32 Å². The van der Waals surface area contributed by atoms with Crippen molar-refractivity contribution in [3.63, 3.8) is 0 Å².